The molecule has 0 saturated heterocycles. The third-order valence-corrected chi connectivity index (χ3v) is 4.30. The molecule has 1 aromatic carbocycles. The number of carbonyl (C=O) groups is 3. The zero-order valence-electron chi connectivity index (χ0n) is 19.4. The fraction of sp³-hybridized carbons (Fsp3) is 0.524. The first kappa shape index (κ1) is 24.8. The van der Waals surface area contributed by atoms with Gasteiger partial charge in [0, 0.05) is 16.6 Å². The topological polar surface area (TPSA) is 148 Å². The van der Waals surface area contributed by atoms with Gasteiger partial charge < -0.3 is 20.5 Å². The third-order valence-electron chi connectivity index (χ3n) is 4.30. The Bertz CT molecular complexity index is 989. The van der Waals surface area contributed by atoms with E-state index in [1.54, 1.807) is 58.9 Å². The van der Waals surface area contributed by atoms with Gasteiger partial charge in [0.05, 0.1) is 5.69 Å². The van der Waals surface area contributed by atoms with Gasteiger partial charge in [-0.2, -0.15) is 0 Å². The molecular weight excluding hydrogens is 416 g/mol. The number of hydrogen-bond acceptors (Lipinski definition) is 7. The second kappa shape index (κ2) is 8.93. The van der Waals surface area contributed by atoms with Crippen LogP contribution in [-0.4, -0.2) is 54.4 Å². The number of hydrogen-bond donors (Lipinski definition) is 3. The first-order chi connectivity index (χ1) is 14.6. The molecule has 0 unspecified atom stereocenters. The molecule has 11 heteroatoms. The third kappa shape index (κ3) is 7.03. The maximum atomic E-state index is 12.9. The standard InChI is InChI=1S/C21H30N6O5/c1-19(2,3)32-18(31)23-21(6,7)12-20(4,5)17(30)22-13-8-10-14(11-9-13)27-25-15(16(28)29)24-26-27/h8-11H,12H2,1-7H3,(H,22,30)(H,23,31)(H,28,29). The SMILES string of the molecule is CC(C)(CC(C)(C)C(=O)Nc1ccc(-n2nnc(C(=O)O)n2)cc1)NC(=O)OC(C)(C)C. The minimum Gasteiger partial charge on any atom is -0.475 e. The Morgan fingerprint density at radius 2 is 1.62 bits per heavy atom. The van der Waals surface area contributed by atoms with Gasteiger partial charge in [0.2, 0.25) is 5.91 Å². The van der Waals surface area contributed by atoms with Crippen LogP contribution in [0.5, 0.6) is 0 Å². The maximum absolute atomic E-state index is 12.9. The summed E-state index contributed by atoms with van der Waals surface area (Å²) in [6.07, 6.45) is -0.175. The fourth-order valence-electron chi connectivity index (χ4n) is 3.20. The molecule has 1 aromatic heterocycles. The second-order valence-electron chi connectivity index (χ2n) is 9.78. The molecule has 0 bridgehead atoms. The lowest BCUT2D eigenvalue weighted by atomic mass is 9.79. The van der Waals surface area contributed by atoms with E-state index in [9.17, 15) is 14.4 Å². The summed E-state index contributed by atoms with van der Waals surface area (Å²) in [4.78, 5) is 37.0. The van der Waals surface area contributed by atoms with Gasteiger partial charge >= 0.3 is 12.1 Å². The molecule has 0 spiro atoms. The van der Waals surface area contributed by atoms with Crippen LogP contribution in [0.25, 0.3) is 5.69 Å². The van der Waals surface area contributed by atoms with Crippen LogP contribution in [0.1, 0.15) is 65.5 Å². The van der Waals surface area contributed by atoms with Crippen molar-refractivity contribution in [2.75, 3.05) is 5.32 Å². The lowest BCUT2D eigenvalue weighted by Gasteiger charge is -2.35. The zero-order chi connectivity index (χ0) is 24.3. The average Bonchev–Trinajstić information content (AvgIpc) is 3.09. The largest absolute Gasteiger partial charge is 0.475 e. The molecular formula is C21H30N6O5. The van der Waals surface area contributed by atoms with Crippen LogP contribution in [0.15, 0.2) is 24.3 Å². The summed E-state index contributed by atoms with van der Waals surface area (Å²) in [5, 5.41) is 25.4. The molecule has 0 aliphatic rings. The molecule has 0 aliphatic carbocycles. The number of anilines is 1. The van der Waals surface area contributed by atoms with Crippen LogP contribution in [0.2, 0.25) is 0 Å². The number of benzene rings is 1. The fourth-order valence-corrected chi connectivity index (χ4v) is 3.20. The van der Waals surface area contributed by atoms with Gasteiger partial charge in [0.15, 0.2) is 0 Å². The van der Waals surface area contributed by atoms with Crippen molar-refractivity contribution in [1.82, 2.24) is 25.5 Å². The number of nitrogens with one attached hydrogen (secondary N) is 2. The van der Waals surface area contributed by atoms with Gasteiger partial charge in [0.1, 0.15) is 5.60 Å². The van der Waals surface area contributed by atoms with Gasteiger partial charge in [0.25, 0.3) is 5.82 Å². The quantitative estimate of drug-likeness (QED) is 0.588. The first-order valence-corrected chi connectivity index (χ1v) is 10.0. The summed E-state index contributed by atoms with van der Waals surface area (Å²) in [7, 11) is 0. The van der Waals surface area contributed by atoms with E-state index in [1.165, 1.54) is 0 Å². The molecule has 0 fully saturated rings. The number of carboxylic acid groups (broad SMARTS) is 1. The predicted octanol–water partition coefficient (Wildman–Crippen LogP) is 3.02. The number of carboxylic acids is 1. The molecule has 2 amide bonds. The smallest absolute Gasteiger partial charge is 0.408 e. The molecule has 2 rings (SSSR count). The van der Waals surface area contributed by atoms with Gasteiger partial charge in [-0.1, -0.05) is 13.8 Å². The number of aromatic carboxylic acids is 1. The summed E-state index contributed by atoms with van der Waals surface area (Å²) in [6.45, 7) is 12.6. The van der Waals surface area contributed by atoms with Crippen molar-refractivity contribution < 1.29 is 24.2 Å². The second-order valence-corrected chi connectivity index (χ2v) is 9.78. The Morgan fingerprint density at radius 3 is 2.12 bits per heavy atom. The van der Waals surface area contributed by atoms with Crippen LogP contribution in [0.3, 0.4) is 0 Å². The highest BCUT2D eigenvalue weighted by molar-refractivity contribution is 5.95. The van der Waals surface area contributed by atoms with E-state index in [1.807, 2.05) is 13.8 Å². The minimum absolute atomic E-state index is 0.226. The first-order valence-electron chi connectivity index (χ1n) is 10.0. The molecule has 0 atom stereocenters. The Labute approximate surface area is 186 Å². The van der Waals surface area contributed by atoms with E-state index in [0.29, 0.717) is 17.8 Å². The van der Waals surface area contributed by atoms with Gasteiger partial charge in [-0.05, 0) is 70.5 Å². The van der Waals surface area contributed by atoms with E-state index >= 15 is 0 Å². The lowest BCUT2D eigenvalue weighted by molar-refractivity contribution is -0.125. The van der Waals surface area contributed by atoms with Gasteiger partial charge in [-0.15, -0.1) is 15.0 Å². The molecule has 0 saturated carbocycles. The number of rotatable bonds is 7. The Balaban J connectivity index is 2.02. The lowest BCUT2D eigenvalue weighted by Crippen LogP contribution is -2.50. The summed E-state index contributed by atoms with van der Waals surface area (Å²) in [5.74, 6) is -1.91. The van der Waals surface area contributed by atoms with Crippen LogP contribution < -0.4 is 10.6 Å². The number of tetrazole rings is 1. The number of nitrogens with zero attached hydrogens (tertiary/aromatic N) is 4. The molecule has 174 valence electrons. The predicted molar refractivity (Wildman–Crippen MR) is 117 cm³/mol. The average molecular weight is 447 g/mol. The number of carbonyl (C=O) groups excluding carboxylic acids is 2. The number of aromatic nitrogens is 4. The molecule has 0 radical (unpaired) electrons. The van der Waals surface area contributed by atoms with Gasteiger partial charge in [-0.25, -0.2) is 9.59 Å². The van der Waals surface area contributed by atoms with Crippen LogP contribution >= 0.6 is 0 Å². The van der Waals surface area contributed by atoms with Crippen molar-refractivity contribution in [2.24, 2.45) is 5.41 Å². The number of ether oxygens (including phenoxy) is 1. The highest BCUT2D eigenvalue weighted by Crippen LogP contribution is 2.30. The molecule has 32 heavy (non-hydrogen) atoms. The van der Waals surface area contributed by atoms with Crippen molar-refractivity contribution in [3.8, 4) is 5.69 Å². The summed E-state index contributed by atoms with van der Waals surface area (Å²) in [6, 6.07) is 6.56. The van der Waals surface area contributed by atoms with Crippen molar-refractivity contribution in [3.05, 3.63) is 30.1 Å². The van der Waals surface area contributed by atoms with Crippen molar-refractivity contribution in [3.63, 3.8) is 0 Å². The van der Waals surface area contributed by atoms with E-state index < -0.39 is 34.4 Å². The highest BCUT2D eigenvalue weighted by atomic mass is 16.6. The Kier molecular flexibility index (Phi) is 6.91. The molecule has 1 heterocycles. The van der Waals surface area contributed by atoms with Crippen LogP contribution in [0, 0.1) is 5.41 Å². The Morgan fingerprint density at radius 1 is 1.03 bits per heavy atom. The monoisotopic (exact) mass is 446 g/mol. The highest BCUT2D eigenvalue weighted by Gasteiger charge is 2.36. The zero-order valence-corrected chi connectivity index (χ0v) is 19.4. The van der Waals surface area contributed by atoms with E-state index in [0.717, 1.165) is 4.80 Å². The maximum Gasteiger partial charge on any atom is 0.408 e. The Hall–Kier alpha value is -3.50. The van der Waals surface area contributed by atoms with Gasteiger partial charge in [-0.3, -0.25) is 4.79 Å². The summed E-state index contributed by atoms with van der Waals surface area (Å²) < 4.78 is 5.31. The number of amides is 2. The summed E-state index contributed by atoms with van der Waals surface area (Å²) in [5.41, 5.74) is -1.07. The minimum atomic E-state index is -1.27. The summed E-state index contributed by atoms with van der Waals surface area (Å²) >= 11 is 0. The molecule has 0 aliphatic heterocycles. The number of alkyl carbamates (subject to hydrolysis) is 1. The van der Waals surface area contributed by atoms with Crippen molar-refractivity contribution in [1.29, 1.82) is 0 Å². The van der Waals surface area contributed by atoms with E-state index in [-0.39, 0.29) is 5.91 Å². The van der Waals surface area contributed by atoms with Crippen LogP contribution in [0.4, 0.5) is 10.5 Å². The molecule has 2 aromatic rings. The molecule has 3 N–H and O–H groups in total. The molecule has 11 nitrogen and oxygen atoms in total. The van der Waals surface area contributed by atoms with Crippen molar-refractivity contribution >= 4 is 23.7 Å². The van der Waals surface area contributed by atoms with Crippen molar-refractivity contribution in [2.45, 2.75) is 66.0 Å². The van der Waals surface area contributed by atoms with Crippen LogP contribution in [-0.2, 0) is 9.53 Å². The van der Waals surface area contributed by atoms with E-state index in [4.69, 9.17) is 9.84 Å². The normalized spacial score (nSPS) is 12.2. The van der Waals surface area contributed by atoms with E-state index in [2.05, 4.69) is 26.0 Å².